The van der Waals surface area contributed by atoms with Crippen LogP contribution in [0.5, 0.6) is 0 Å². The van der Waals surface area contributed by atoms with Crippen molar-refractivity contribution in [1.82, 2.24) is 15.2 Å². The Kier molecular flexibility index (Phi) is 6.01. The van der Waals surface area contributed by atoms with Gasteiger partial charge in [-0.05, 0) is 30.7 Å². The van der Waals surface area contributed by atoms with Crippen molar-refractivity contribution < 1.29 is 9.59 Å². The second kappa shape index (κ2) is 8.62. The molecule has 1 aliphatic rings. The van der Waals surface area contributed by atoms with E-state index in [2.05, 4.69) is 29.4 Å². The first kappa shape index (κ1) is 18.8. The zero-order valence-corrected chi connectivity index (χ0v) is 15.8. The molecular formula is C22H25N3O2. The van der Waals surface area contributed by atoms with Crippen LogP contribution in [0.3, 0.4) is 0 Å². The lowest BCUT2D eigenvalue weighted by Crippen LogP contribution is -2.36. The van der Waals surface area contributed by atoms with E-state index in [-0.39, 0.29) is 17.9 Å². The Morgan fingerprint density at radius 3 is 2.67 bits per heavy atom. The monoisotopic (exact) mass is 363 g/mol. The van der Waals surface area contributed by atoms with E-state index in [1.54, 1.807) is 25.4 Å². The highest BCUT2D eigenvalue weighted by Crippen LogP contribution is 2.22. The molecule has 1 aliphatic heterocycles. The number of nitrogens with one attached hydrogen (secondary N) is 1. The molecule has 0 bridgehead atoms. The van der Waals surface area contributed by atoms with Crippen LogP contribution in [0, 0.1) is 0 Å². The van der Waals surface area contributed by atoms with Crippen molar-refractivity contribution in [3.8, 4) is 11.3 Å². The fraction of sp³-hybridized carbons (Fsp3) is 0.318. The van der Waals surface area contributed by atoms with Crippen molar-refractivity contribution in [2.45, 2.75) is 32.2 Å². The van der Waals surface area contributed by atoms with Gasteiger partial charge in [0.05, 0.1) is 11.7 Å². The van der Waals surface area contributed by atoms with E-state index in [1.807, 2.05) is 29.2 Å². The first-order chi connectivity index (χ1) is 13.1. The molecule has 3 rings (SSSR count). The highest BCUT2D eigenvalue weighted by Gasteiger charge is 2.25. The highest BCUT2D eigenvalue weighted by molar-refractivity contribution is 5.96. The summed E-state index contributed by atoms with van der Waals surface area (Å²) in [5, 5.41) is 2.61. The predicted molar refractivity (Wildman–Crippen MR) is 107 cm³/mol. The molecule has 1 N–H and O–H groups in total. The summed E-state index contributed by atoms with van der Waals surface area (Å²) < 4.78 is 0. The van der Waals surface area contributed by atoms with E-state index in [0.29, 0.717) is 23.4 Å². The molecule has 0 saturated heterocycles. The summed E-state index contributed by atoms with van der Waals surface area (Å²) in [5.74, 6) is -0.0928. The van der Waals surface area contributed by atoms with Crippen molar-refractivity contribution in [2.24, 2.45) is 0 Å². The van der Waals surface area contributed by atoms with Gasteiger partial charge in [-0.25, -0.2) is 0 Å². The van der Waals surface area contributed by atoms with E-state index in [1.165, 1.54) is 0 Å². The number of benzene rings is 1. The van der Waals surface area contributed by atoms with Crippen LogP contribution in [0.15, 0.2) is 54.7 Å². The van der Waals surface area contributed by atoms with Crippen molar-refractivity contribution >= 4 is 11.8 Å². The molecule has 140 valence electrons. The van der Waals surface area contributed by atoms with Crippen LogP contribution in [0.1, 0.15) is 46.9 Å². The number of rotatable bonds is 6. The standard InChI is InChI=1S/C22H25N3O2/c1-3-4-6-19-7-5-14-25(19)22(27)17-10-8-16(9-11-17)20-15-18(12-13-24-20)21(26)23-2/h5,7-13,15,19H,3-4,6,14H2,1-2H3,(H,23,26)/t19-/m0/s1. The maximum atomic E-state index is 12.9. The van der Waals surface area contributed by atoms with E-state index in [4.69, 9.17) is 0 Å². The third kappa shape index (κ3) is 4.25. The van der Waals surface area contributed by atoms with Gasteiger partial charge in [-0.15, -0.1) is 0 Å². The average molecular weight is 363 g/mol. The summed E-state index contributed by atoms with van der Waals surface area (Å²) in [5.41, 5.74) is 2.81. The highest BCUT2D eigenvalue weighted by atomic mass is 16.2. The normalized spacial score (nSPS) is 15.8. The van der Waals surface area contributed by atoms with Crippen molar-refractivity contribution in [2.75, 3.05) is 13.6 Å². The second-order valence-corrected chi connectivity index (χ2v) is 6.68. The molecular weight excluding hydrogens is 338 g/mol. The molecule has 2 amide bonds. The quantitative estimate of drug-likeness (QED) is 0.797. The van der Waals surface area contributed by atoms with Crippen LogP contribution in [0.25, 0.3) is 11.3 Å². The molecule has 1 aromatic heterocycles. The minimum absolute atomic E-state index is 0.0553. The molecule has 27 heavy (non-hydrogen) atoms. The lowest BCUT2D eigenvalue weighted by atomic mass is 10.0. The first-order valence-electron chi connectivity index (χ1n) is 9.40. The van der Waals surface area contributed by atoms with Gasteiger partial charge in [0.15, 0.2) is 0 Å². The van der Waals surface area contributed by atoms with Crippen LogP contribution >= 0.6 is 0 Å². The largest absolute Gasteiger partial charge is 0.355 e. The summed E-state index contributed by atoms with van der Waals surface area (Å²) in [6.07, 6.45) is 9.07. The third-order valence-electron chi connectivity index (χ3n) is 4.85. The number of pyridine rings is 1. The number of unbranched alkanes of at least 4 members (excludes halogenated alkanes) is 1. The smallest absolute Gasteiger partial charge is 0.254 e. The minimum Gasteiger partial charge on any atom is -0.355 e. The summed E-state index contributed by atoms with van der Waals surface area (Å²) in [6, 6.07) is 11.1. The number of amides is 2. The Bertz CT molecular complexity index is 843. The Morgan fingerprint density at radius 1 is 1.19 bits per heavy atom. The van der Waals surface area contributed by atoms with E-state index < -0.39 is 0 Å². The fourth-order valence-electron chi connectivity index (χ4n) is 3.29. The number of hydrogen-bond donors (Lipinski definition) is 1. The van der Waals surface area contributed by atoms with Crippen molar-refractivity contribution in [1.29, 1.82) is 0 Å². The summed E-state index contributed by atoms with van der Waals surface area (Å²) in [7, 11) is 1.60. The molecule has 0 spiro atoms. The zero-order valence-electron chi connectivity index (χ0n) is 15.8. The van der Waals surface area contributed by atoms with Gasteiger partial charge in [0, 0.05) is 36.5 Å². The van der Waals surface area contributed by atoms with Crippen LogP contribution in [-0.4, -0.2) is 41.3 Å². The Morgan fingerprint density at radius 2 is 1.96 bits per heavy atom. The van der Waals surface area contributed by atoms with Gasteiger partial charge in [-0.3, -0.25) is 14.6 Å². The molecule has 0 unspecified atom stereocenters. The topological polar surface area (TPSA) is 62.3 Å². The number of aromatic nitrogens is 1. The van der Waals surface area contributed by atoms with Gasteiger partial charge in [-0.2, -0.15) is 0 Å². The van der Waals surface area contributed by atoms with Crippen LogP contribution in [-0.2, 0) is 0 Å². The molecule has 0 saturated carbocycles. The van der Waals surface area contributed by atoms with Crippen LogP contribution in [0.4, 0.5) is 0 Å². The molecule has 5 heteroatoms. The lowest BCUT2D eigenvalue weighted by molar-refractivity contribution is 0.0743. The fourth-order valence-corrected chi connectivity index (χ4v) is 3.29. The van der Waals surface area contributed by atoms with Gasteiger partial charge in [0.2, 0.25) is 0 Å². The molecule has 0 radical (unpaired) electrons. The third-order valence-corrected chi connectivity index (χ3v) is 4.85. The first-order valence-corrected chi connectivity index (χ1v) is 9.40. The SMILES string of the molecule is CCCC[C@H]1C=CCN1C(=O)c1ccc(-c2cc(C(=O)NC)ccn2)cc1. The van der Waals surface area contributed by atoms with Crippen molar-refractivity contribution in [3.05, 3.63) is 65.9 Å². The minimum atomic E-state index is -0.148. The Hall–Kier alpha value is -2.95. The molecule has 5 nitrogen and oxygen atoms in total. The summed E-state index contributed by atoms with van der Waals surface area (Å²) in [4.78, 5) is 30.9. The van der Waals surface area contributed by atoms with Gasteiger partial charge in [0.1, 0.15) is 0 Å². The molecule has 1 aromatic carbocycles. The van der Waals surface area contributed by atoms with Crippen LogP contribution < -0.4 is 5.32 Å². The average Bonchev–Trinajstić information content (AvgIpc) is 3.19. The Labute approximate surface area is 160 Å². The Balaban J connectivity index is 1.75. The summed E-state index contributed by atoms with van der Waals surface area (Å²) >= 11 is 0. The molecule has 2 heterocycles. The van der Waals surface area contributed by atoms with Gasteiger partial charge >= 0.3 is 0 Å². The number of carbonyl (C=O) groups excluding carboxylic acids is 2. The van der Waals surface area contributed by atoms with Gasteiger partial charge < -0.3 is 10.2 Å². The molecule has 1 atom stereocenters. The van der Waals surface area contributed by atoms with Crippen molar-refractivity contribution in [3.63, 3.8) is 0 Å². The lowest BCUT2D eigenvalue weighted by Gasteiger charge is -2.24. The molecule has 0 aliphatic carbocycles. The van der Waals surface area contributed by atoms with E-state index in [9.17, 15) is 9.59 Å². The zero-order chi connectivity index (χ0) is 19.2. The van der Waals surface area contributed by atoms with E-state index >= 15 is 0 Å². The van der Waals surface area contributed by atoms with Gasteiger partial charge in [0.25, 0.3) is 11.8 Å². The number of hydrogen-bond acceptors (Lipinski definition) is 3. The molecule has 0 fully saturated rings. The van der Waals surface area contributed by atoms with Crippen LogP contribution in [0.2, 0.25) is 0 Å². The van der Waals surface area contributed by atoms with Gasteiger partial charge in [-0.1, -0.05) is 44.1 Å². The summed E-state index contributed by atoms with van der Waals surface area (Å²) in [6.45, 7) is 2.83. The number of carbonyl (C=O) groups is 2. The predicted octanol–water partition coefficient (Wildman–Crippen LogP) is 3.68. The van der Waals surface area contributed by atoms with E-state index in [0.717, 1.165) is 24.8 Å². The molecule has 2 aromatic rings. The maximum Gasteiger partial charge on any atom is 0.254 e. The second-order valence-electron chi connectivity index (χ2n) is 6.68. The maximum absolute atomic E-state index is 12.9. The number of nitrogens with zero attached hydrogens (tertiary/aromatic N) is 2.